The fraction of sp³-hybridized carbons (Fsp3) is 0.667. The minimum absolute atomic E-state index is 0.0899. The smallest absolute Gasteiger partial charge is 0.313 e. The third-order valence-corrected chi connectivity index (χ3v) is 4.51. The van der Waals surface area contributed by atoms with Crippen LogP contribution in [0.15, 0.2) is 30.3 Å². The number of ether oxygens (including phenoxy) is 1. The molecule has 0 N–H and O–H groups in total. The van der Waals surface area contributed by atoms with E-state index in [1.165, 1.54) is 6.42 Å². The average molecular weight is 319 g/mol. The van der Waals surface area contributed by atoms with Crippen molar-refractivity contribution in [3.63, 3.8) is 0 Å². The fourth-order valence-electron chi connectivity index (χ4n) is 3.58. The van der Waals surface area contributed by atoms with E-state index < -0.39 is 0 Å². The number of hydrogen-bond donors (Lipinski definition) is 0. The van der Waals surface area contributed by atoms with Crippen molar-refractivity contribution in [2.75, 3.05) is 6.61 Å². The highest BCUT2D eigenvalue weighted by atomic mass is 16.5. The second-order valence-corrected chi connectivity index (χ2v) is 7.92. The van der Waals surface area contributed by atoms with Crippen LogP contribution < -0.4 is 0 Å². The topological polar surface area (TPSA) is 26.3 Å². The van der Waals surface area contributed by atoms with Crippen LogP contribution in [0.3, 0.4) is 0 Å². The van der Waals surface area contributed by atoms with Crippen LogP contribution in [0.25, 0.3) is 0 Å². The van der Waals surface area contributed by atoms with Crippen molar-refractivity contribution < 1.29 is 9.53 Å². The summed E-state index contributed by atoms with van der Waals surface area (Å²) in [7, 11) is 0. The molecule has 0 aliphatic carbocycles. The van der Waals surface area contributed by atoms with E-state index in [0.29, 0.717) is 17.9 Å². The van der Waals surface area contributed by atoms with Gasteiger partial charge >= 0.3 is 5.97 Å². The van der Waals surface area contributed by atoms with Gasteiger partial charge in [0.2, 0.25) is 0 Å². The summed E-state index contributed by atoms with van der Waals surface area (Å²) >= 11 is 0. The first kappa shape index (κ1) is 19.7. The largest absolute Gasteiger partial charge is 0.466 e. The van der Waals surface area contributed by atoms with E-state index in [1.54, 1.807) is 0 Å². The molecule has 1 aromatic rings. The Balaban J connectivity index is 2.80. The summed E-state index contributed by atoms with van der Waals surface area (Å²) in [4.78, 5) is 12.5. The van der Waals surface area contributed by atoms with Gasteiger partial charge in [0.05, 0.1) is 12.5 Å². The number of esters is 1. The predicted molar refractivity (Wildman–Crippen MR) is 97.5 cm³/mol. The maximum absolute atomic E-state index is 12.5. The van der Waals surface area contributed by atoms with Crippen molar-refractivity contribution in [2.45, 2.75) is 66.7 Å². The van der Waals surface area contributed by atoms with Gasteiger partial charge in [-0.1, -0.05) is 65.0 Å². The van der Waals surface area contributed by atoms with E-state index >= 15 is 0 Å². The predicted octanol–water partition coefficient (Wildman–Crippen LogP) is 5.82. The molecule has 0 bridgehead atoms. The second kappa shape index (κ2) is 9.10. The molecule has 0 aliphatic heterocycles. The van der Waals surface area contributed by atoms with Crippen LogP contribution in [-0.4, -0.2) is 12.6 Å². The van der Waals surface area contributed by atoms with E-state index in [4.69, 9.17) is 4.74 Å². The lowest BCUT2D eigenvalue weighted by Gasteiger charge is -2.30. The minimum atomic E-state index is -0.161. The van der Waals surface area contributed by atoms with Crippen molar-refractivity contribution in [1.82, 2.24) is 0 Å². The highest BCUT2D eigenvalue weighted by Crippen LogP contribution is 2.36. The number of carbonyl (C=O) groups excluding carboxylic acids is 1. The molecule has 2 atom stereocenters. The Bertz CT molecular complexity index is 462. The molecule has 1 rings (SSSR count). The van der Waals surface area contributed by atoms with Crippen molar-refractivity contribution in [2.24, 2.45) is 17.3 Å². The van der Waals surface area contributed by atoms with Gasteiger partial charge in [-0.2, -0.15) is 0 Å². The summed E-state index contributed by atoms with van der Waals surface area (Å²) in [5, 5.41) is 0. The Kier molecular flexibility index (Phi) is 7.81. The van der Waals surface area contributed by atoms with Crippen LogP contribution >= 0.6 is 0 Å². The molecule has 2 unspecified atom stereocenters. The first-order valence-corrected chi connectivity index (χ1v) is 8.98. The minimum Gasteiger partial charge on any atom is -0.466 e. The van der Waals surface area contributed by atoms with Gasteiger partial charge in [-0.05, 0) is 49.0 Å². The summed E-state index contributed by atoms with van der Waals surface area (Å²) < 4.78 is 5.34. The number of rotatable bonds is 9. The van der Waals surface area contributed by atoms with Crippen molar-refractivity contribution in [3.8, 4) is 0 Å². The lowest BCUT2D eigenvalue weighted by Crippen LogP contribution is -2.24. The first-order chi connectivity index (χ1) is 10.8. The molecule has 0 saturated carbocycles. The summed E-state index contributed by atoms with van der Waals surface area (Å²) in [5.74, 6) is 0.733. The molecule has 0 aliphatic rings. The molecule has 2 nitrogen and oxygen atoms in total. The van der Waals surface area contributed by atoms with Crippen LogP contribution in [0.4, 0.5) is 0 Å². The van der Waals surface area contributed by atoms with E-state index in [1.807, 2.05) is 37.3 Å². The lowest BCUT2D eigenvalue weighted by molar-refractivity contribution is -0.146. The van der Waals surface area contributed by atoms with Gasteiger partial charge < -0.3 is 4.74 Å². The van der Waals surface area contributed by atoms with Crippen LogP contribution in [0.2, 0.25) is 0 Å². The van der Waals surface area contributed by atoms with Crippen molar-refractivity contribution >= 4 is 5.97 Å². The standard InChI is InChI=1S/C21H34O2/c1-7-23-20(22)19(18-11-9-8-10-12-18)17(4)13-14-21(5,6)15-16(2)3/h8-12,16-17,19H,7,13-15H2,1-6H3. The van der Waals surface area contributed by atoms with Gasteiger partial charge in [0.1, 0.15) is 0 Å². The Labute approximate surface area is 142 Å². The zero-order valence-electron chi connectivity index (χ0n) is 15.8. The number of carbonyl (C=O) groups is 1. The van der Waals surface area contributed by atoms with Gasteiger partial charge in [-0.3, -0.25) is 4.79 Å². The molecule has 23 heavy (non-hydrogen) atoms. The zero-order chi connectivity index (χ0) is 17.5. The maximum atomic E-state index is 12.5. The van der Waals surface area contributed by atoms with Crippen LogP contribution in [0, 0.1) is 17.3 Å². The summed E-state index contributed by atoms with van der Waals surface area (Å²) in [6.07, 6.45) is 3.39. The Morgan fingerprint density at radius 1 is 1.13 bits per heavy atom. The average Bonchev–Trinajstić information content (AvgIpc) is 2.45. The van der Waals surface area contributed by atoms with Crippen LogP contribution in [0.1, 0.15) is 72.3 Å². The lowest BCUT2D eigenvalue weighted by atomic mass is 9.76. The maximum Gasteiger partial charge on any atom is 0.313 e. The number of hydrogen-bond acceptors (Lipinski definition) is 2. The molecule has 0 saturated heterocycles. The van der Waals surface area contributed by atoms with Gasteiger partial charge in [0.25, 0.3) is 0 Å². The quantitative estimate of drug-likeness (QED) is 0.536. The van der Waals surface area contributed by atoms with Gasteiger partial charge in [-0.25, -0.2) is 0 Å². The van der Waals surface area contributed by atoms with E-state index in [9.17, 15) is 4.79 Å². The van der Waals surface area contributed by atoms with E-state index in [2.05, 4.69) is 34.6 Å². The monoisotopic (exact) mass is 318 g/mol. The summed E-state index contributed by atoms with van der Waals surface area (Å²) in [5.41, 5.74) is 1.39. The van der Waals surface area contributed by atoms with Gasteiger partial charge in [-0.15, -0.1) is 0 Å². The highest BCUT2D eigenvalue weighted by Gasteiger charge is 2.30. The first-order valence-electron chi connectivity index (χ1n) is 8.98. The molecule has 0 heterocycles. The Morgan fingerprint density at radius 3 is 2.26 bits per heavy atom. The Morgan fingerprint density at radius 2 is 1.74 bits per heavy atom. The molecule has 0 spiro atoms. The second-order valence-electron chi connectivity index (χ2n) is 7.92. The summed E-state index contributed by atoms with van der Waals surface area (Å²) in [6, 6.07) is 10.1. The molecular weight excluding hydrogens is 284 g/mol. The van der Waals surface area contributed by atoms with Gasteiger partial charge in [0.15, 0.2) is 0 Å². The van der Waals surface area contributed by atoms with Crippen molar-refractivity contribution in [3.05, 3.63) is 35.9 Å². The van der Waals surface area contributed by atoms with Crippen LogP contribution in [-0.2, 0) is 9.53 Å². The SMILES string of the molecule is CCOC(=O)C(c1ccccc1)C(C)CCC(C)(C)CC(C)C. The van der Waals surface area contributed by atoms with Crippen molar-refractivity contribution in [1.29, 1.82) is 0 Å². The molecule has 0 aromatic heterocycles. The molecule has 130 valence electrons. The Hall–Kier alpha value is -1.31. The normalized spacial score (nSPS) is 14.6. The third-order valence-electron chi connectivity index (χ3n) is 4.51. The van der Waals surface area contributed by atoms with E-state index in [0.717, 1.165) is 18.4 Å². The zero-order valence-corrected chi connectivity index (χ0v) is 15.8. The molecule has 1 aromatic carbocycles. The fourth-order valence-corrected chi connectivity index (χ4v) is 3.58. The van der Waals surface area contributed by atoms with Crippen LogP contribution in [0.5, 0.6) is 0 Å². The summed E-state index contributed by atoms with van der Waals surface area (Å²) in [6.45, 7) is 13.7. The molecule has 0 fully saturated rings. The molecule has 0 radical (unpaired) electrons. The highest BCUT2D eigenvalue weighted by molar-refractivity contribution is 5.78. The third kappa shape index (κ3) is 6.76. The molecule has 2 heteroatoms. The molecule has 0 amide bonds. The van der Waals surface area contributed by atoms with Gasteiger partial charge in [0, 0.05) is 0 Å². The van der Waals surface area contributed by atoms with E-state index in [-0.39, 0.29) is 17.8 Å². The number of benzene rings is 1. The molecular formula is C21H34O2.